The van der Waals surface area contributed by atoms with Crippen molar-refractivity contribution in [2.45, 2.75) is 40.0 Å². The summed E-state index contributed by atoms with van der Waals surface area (Å²) in [6.45, 7) is 9.54. The second-order valence-corrected chi connectivity index (χ2v) is 5.68. The Morgan fingerprint density at radius 1 is 1.32 bits per heavy atom. The second kappa shape index (κ2) is 5.79. The van der Waals surface area contributed by atoms with Gasteiger partial charge in [-0.05, 0) is 42.5 Å². The van der Waals surface area contributed by atoms with Gasteiger partial charge in [-0.1, -0.05) is 38.4 Å². The van der Waals surface area contributed by atoms with E-state index in [1.165, 1.54) is 5.56 Å². The van der Waals surface area contributed by atoms with E-state index < -0.39 is 0 Å². The molecule has 0 aliphatic rings. The normalized spacial score (nSPS) is 11.3. The van der Waals surface area contributed by atoms with Crippen LogP contribution in [0.25, 0.3) is 10.9 Å². The minimum atomic E-state index is 0.424. The lowest BCUT2D eigenvalue weighted by atomic mass is 10.0. The molecule has 102 valence electrons. The standard InChI is InChI=1S/C16H21ClN2/c1-5-8-18-16-12(10(2)3)9-13-14(17)7-6-11(4)15(13)19-16/h6-7,9-10H,5,8H2,1-4H3,(H,18,19). The van der Waals surface area contributed by atoms with E-state index in [2.05, 4.69) is 39.1 Å². The van der Waals surface area contributed by atoms with Gasteiger partial charge in [-0.15, -0.1) is 0 Å². The number of benzene rings is 1. The molecule has 1 aromatic carbocycles. The van der Waals surface area contributed by atoms with Crippen LogP contribution in [0, 0.1) is 6.92 Å². The van der Waals surface area contributed by atoms with Gasteiger partial charge < -0.3 is 5.32 Å². The molecule has 1 N–H and O–H groups in total. The van der Waals surface area contributed by atoms with E-state index in [1.54, 1.807) is 0 Å². The molecule has 2 nitrogen and oxygen atoms in total. The van der Waals surface area contributed by atoms with E-state index in [1.807, 2.05) is 12.1 Å². The number of hydrogen-bond donors (Lipinski definition) is 1. The Hall–Kier alpha value is -1.28. The summed E-state index contributed by atoms with van der Waals surface area (Å²) in [6.07, 6.45) is 1.09. The van der Waals surface area contributed by atoms with Crippen molar-refractivity contribution in [2.75, 3.05) is 11.9 Å². The first-order chi connectivity index (χ1) is 9.04. The summed E-state index contributed by atoms with van der Waals surface area (Å²) in [7, 11) is 0. The van der Waals surface area contributed by atoms with E-state index in [0.29, 0.717) is 5.92 Å². The first-order valence-corrected chi connectivity index (χ1v) is 7.26. The number of nitrogens with zero attached hydrogens (tertiary/aromatic N) is 1. The first kappa shape index (κ1) is 14.1. The number of rotatable bonds is 4. The average molecular weight is 277 g/mol. The third kappa shape index (κ3) is 2.84. The fraction of sp³-hybridized carbons (Fsp3) is 0.438. The monoisotopic (exact) mass is 276 g/mol. The summed E-state index contributed by atoms with van der Waals surface area (Å²) in [4.78, 5) is 4.80. The van der Waals surface area contributed by atoms with Crippen molar-refractivity contribution in [3.63, 3.8) is 0 Å². The van der Waals surface area contributed by atoms with Crippen LogP contribution in [0.1, 0.15) is 44.2 Å². The van der Waals surface area contributed by atoms with Gasteiger partial charge in [0.25, 0.3) is 0 Å². The number of anilines is 1. The predicted molar refractivity (Wildman–Crippen MR) is 84.4 cm³/mol. The summed E-state index contributed by atoms with van der Waals surface area (Å²) in [6, 6.07) is 6.15. The smallest absolute Gasteiger partial charge is 0.130 e. The Balaban J connectivity index is 2.65. The summed E-state index contributed by atoms with van der Waals surface area (Å²) in [5.41, 5.74) is 3.39. The Labute approximate surface area is 120 Å². The lowest BCUT2D eigenvalue weighted by molar-refractivity contribution is 0.856. The number of pyridine rings is 1. The number of halogens is 1. The van der Waals surface area contributed by atoms with Crippen LogP contribution in [0.2, 0.25) is 5.02 Å². The molecule has 0 bridgehead atoms. The molecule has 2 aromatic rings. The predicted octanol–water partition coefficient (Wildman–Crippen LogP) is 5.14. The lowest BCUT2D eigenvalue weighted by Gasteiger charge is -2.16. The van der Waals surface area contributed by atoms with E-state index in [-0.39, 0.29) is 0 Å². The Morgan fingerprint density at radius 2 is 2.05 bits per heavy atom. The van der Waals surface area contributed by atoms with Crippen LogP contribution in [-0.4, -0.2) is 11.5 Å². The highest BCUT2D eigenvalue weighted by atomic mass is 35.5. The SMILES string of the molecule is CCCNc1nc2c(C)ccc(Cl)c2cc1C(C)C. The maximum Gasteiger partial charge on any atom is 0.130 e. The van der Waals surface area contributed by atoms with Crippen molar-refractivity contribution in [2.24, 2.45) is 0 Å². The van der Waals surface area contributed by atoms with Gasteiger partial charge in [0.1, 0.15) is 5.82 Å². The molecule has 3 heteroatoms. The number of aromatic nitrogens is 1. The fourth-order valence-electron chi connectivity index (χ4n) is 2.20. The third-order valence-electron chi connectivity index (χ3n) is 3.33. The van der Waals surface area contributed by atoms with Crippen LogP contribution in [0.5, 0.6) is 0 Å². The van der Waals surface area contributed by atoms with E-state index in [4.69, 9.17) is 16.6 Å². The molecule has 0 radical (unpaired) electrons. The van der Waals surface area contributed by atoms with Crippen molar-refractivity contribution >= 4 is 28.3 Å². The molecule has 0 fully saturated rings. The summed E-state index contributed by atoms with van der Waals surface area (Å²) >= 11 is 6.30. The zero-order valence-corrected chi connectivity index (χ0v) is 12.8. The molecule has 0 saturated carbocycles. The number of aryl methyl sites for hydroxylation is 1. The Kier molecular flexibility index (Phi) is 4.31. The maximum atomic E-state index is 6.30. The van der Waals surface area contributed by atoms with Crippen molar-refractivity contribution in [1.82, 2.24) is 4.98 Å². The summed E-state index contributed by atoms with van der Waals surface area (Å²) in [5, 5.41) is 5.25. The Bertz CT molecular complexity index is 591. The largest absolute Gasteiger partial charge is 0.370 e. The lowest BCUT2D eigenvalue weighted by Crippen LogP contribution is -2.07. The van der Waals surface area contributed by atoms with Crippen molar-refractivity contribution in [3.05, 3.63) is 34.3 Å². The maximum absolute atomic E-state index is 6.30. The summed E-state index contributed by atoms with van der Waals surface area (Å²) < 4.78 is 0. The number of nitrogens with one attached hydrogen (secondary N) is 1. The van der Waals surface area contributed by atoms with Crippen LogP contribution in [0.4, 0.5) is 5.82 Å². The molecular weight excluding hydrogens is 256 g/mol. The summed E-state index contributed by atoms with van der Waals surface area (Å²) in [5.74, 6) is 1.42. The van der Waals surface area contributed by atoms with Gasteiger partial charge in [0.05, 0.1) is 5.52 Å². The van der Waals surface area contributed by atoms with Crippen LogP contribution in [0.15, 0.2) is 18.2 Å². The minimum absolute atomic E-state index is 0.424. The molecule has 2 rings (SSSR count). The number of hydrogen-bond acceptors (Lipinski definition) is 2. The van der Waals surface area contributed by atoms with Gasteiger partial charge >= 0.3 is 0 Å². The molecule has 19 heavy (non-hydrogen) atoms. The minimum Gasteiger partial charge on any atom is -0.370 e. The van der Waals surface area contributed by atoms with Gasteiger partial charge in [0, 0.05) is 17.0 Å². The van der Waals surface area contributed by atoms with Gasteiger partial charge in [0.2, 0.25) is 0 Å². The van der Waals surface area contributed by atoms with E-state index in [9.17, 15) is 0 Å². The van der Waals surface area contributed by atoms with Crippen molar-refractivity contribution in [1.29, 1.82) is 0 Å². The molecule has 0 spiro atoms. The average Bonchev–Trinajstić information content (AvgIpc) is 2.39. The van der Waals surface area contributed by atoms with Gasteiger partial charge in [0.15, 0.2) is 0 Å². The molecule has 0 aliphatic carbocycles. The molecule has 0 unspecified atom stereocenters. The van der Waals surface area contributed by atoms with Gasteiger partial charge in [-0.2, -0.15) is 0 Å². The van der Waals surface area contributed by atoms with Crippen molar-refractivity contribution < 1.29 is 0 Å². The van der Waals surface area contributed by atoms with Crippen LogP contribution in [-0.2, 0) is 0 Å². The molecule has 0 atom stereocenters. The zero-order chi connectivity index (χ0) is 14.0. The molecule has 1 aromatic heterocycles. The quantitative estimate of drug-likeness (QED) is 0.836. The molecule has 1 heterocycles. The van der Waals surface area contributed by atoms with Gasteiger partial charge in [-0.25, -0.2) is 4.98 Å². The molecule has 0 amide bonds. The highest BCUT2D eigenvalue weighted by Gasteiger charge is 2.12. The molecular formula is C16H21ClN2. The van der Waals surface area contributed by atoms with E-state index >= 15 is 0 Å². The fourth-order valence-corrected chi connectivity index (χ4v) is 2.41. The van der Waals surface area contributed by atoms with Gasteiger partial charge in [-0.3, -0.25) is 0 Å². The van der Waals surface area contributed by atoms with E-state index in [0.717, 1.165) is 40.3 Å². The zero-order valence-electron chi connectivity index (χ0n) is 12.0. The number of fused-ring (bicyclic) bond motifs is 1. The van der Waals surface area contributed by atoms with Crippen LogP contribution < -0.4 is 5.32 Å². The molecule has 0 saturated heterocycles. The van der Waals surface area contributed by atoms with Crippen LogP contribution >= 0.6 is 11.6 Å². The molecule has 0 aliphatic heterocycles. The first-order valence-electron chi connectivity index (χ1n) is 6.88. The highest BCUT2D eigenvalue weighted by Crippen LogP contribution is 2.32. The van der Waals surface area contributed by atoms with Crippen LogP contribution in [0.3, 0.4) is 0 Å². The Morgan fingerprint density at radius 3 is 2.68 bits per heavy atom. The third-order valence-corrected chi connectivity index (χ3v) is 3.66. The topological polar surface area (TPSA) is 24.9 Å². The highest BCUT2D eigenvalue weighted by molar-refractivity contribution is 6.35. The van der Waals surface area contributed by atoms with Crippen molar-refractivity contribution in [3.8, 4) is 0 Å². The second-order valence-electron chi connectivity index (χ2n) is 5.27.